The number of amides is 2. The molecule has 4 heteroatoms. The summed E-state index contributed by atoms with van der Waals surface area (Å²) in [5, 5.41) is 13.6. The number of carbonyl (C=O) groups excluding carboxylic acids is 1. The first-order valence-corrected chi connectivity index (χ1v) is 12.9. The minimum Gasteiger partial charge on any atom is -0.376 e. The van der Waals surface area contributed by atoms with Crippen LogP contribution in [0.5, 0.6) is 0 Å². The molecule has 0 saturated heterocycles. The summed E-state index contributed by atoms with van der Waals surface area (Å²) >= 11 is 0. The number of aliphatic hydroxyl groups excluding tert-OH is 1. The third-order valence-electron chi connectivity index (χ3n) is 5.81. The van der Waals surface area contributed by atoms with Crippen LogP contribution in [0.1, 0.15) is 142 Å². The number of hydrogen-bond acceptors (Lipinski definition) is 2. The third-order valence-corrected chi connectivity index (χ3v) is 5.81. The van der Waals surface area contributed by atoms with Crippen LogP contribution < -0.4 is 10.6 Å². The molecule has 0 rings (SSSR count). The van der Waals surface area contributed by atoms with Crippen molar-refractivity contribution in [3.63, 3.8) is 0 Å². The fourth-order valence-corrected chi connectivity index (χ4v) is 3.89. The average Bonchev–Trinajstić information content (AvgIpc) is 2.72. The minimum absolute atomic E-state index is 0.277. The van der Waals surface area contributed by atoms with Crippen molar-refractivity contribution in [1.82, 2.24) is 10.6 Å². The van der Waals surface area contributed by atoms with Gasteiger partial charge >= 0.3 is 6.03 Å². The summed E-state index contributed by atoms with van der Waals surface area (Å²) in [5.74, 6) is 0. The Morgan fingerprint density at radius 3 is 1.14 bits per heavy atom. The summed E-state index contributed by atoms with van der Waals surface area (Å²) in [4.78, 5) is 11.1. The zero-order valence-electron chi connectivity index (χ0n) is 19.6. The van der Waals surface area contributed by atoms with E-state index in [9.17, 15) is 4.79 Å². The zero-order chi connectivity index (χ0) is 21.3. The van der Waals surface area contributed by atoms with E-state index in [4.69, 9.17) is 5.11 Å². The van der Waals surface area contributed by atoms with Crippen LogP contribution in [-0.2, 0) is 0 Å². The molecule has 0 radical (unpaired) electrons. The van der Waals surface area contributed by atoms with Gasteiger partial charge in [-0.05, 0) is 6.42 Å². The summed E-state index contributed by atoms with van der Waals surface area (Å²) < 4.78 is 0. The number of unbranched alkanes of at least 4 members (excludes halogenated alkanes) is 20. The smallest absolute Gasteiger partial charge is 0.316 e. The van der Waals surface area contributed by atoms with E-state index in [0.29, 0.717) is 6.54 Å². The molecule has 0 atom stereocenters. The van der Waals surface area contributed by atoms with Gasteiger partial charge in [0.25, 0.3) is 0 Å². The van der Waals surface area contributed by atoms with Gasteiger partial charge in [0.15, 0.2) is 0 Å². The molecule has 0 bridgehead atoms. The highest BCUT2D eigenvalue weighted by Crippen LogP contribution is 2.14. The molecule has 0 spiro atoms. The van der Waals surface area contributed by atoms with Gasteiger partial charge in [-0.1, -0.05) is 135 Å². The van der Waals surface area contributed by atoms with E-state index in [1.54, 1.807) is 0 Å². The number of urea groups is 1. The van der Waals surface area contributed by atoms with Crippen LogP contribution in [0, 0.1) is 0 Å². The number of hydrogen-bond donors (Lipinski definition) is 3. The van der Waals surface area contributed by atoms with E-state index < -0.39 is 0 Å². The topological polar surface area (TPSA) is 61.4 Å². The van der Waals surface area contributed by atoms with Crippen molar-refractivity contribution in [3.8, 4) is 0 Å². The van der Waals surface area contributed by atoms with E-state index in [-0.39, 0.29) is 12.8 Å². The molecular formula is C25H52N2O2. The normalized spacial score (nSPS) is 11.0. The SMILES string of the molecule is CCCCCCCCCCCCCCCCCCCCCCCNC(=O)NCO. The van der Waals surface area contributed by atoms with Crippen LogP contribution in [0.15, 0.2) is 0 Å². The van der Waals surface area contributed by atoms with Gasteiger partial charge in [0, 0.05) is 6.54 Å². The fraction of sp³-hybridized carbons (Fsp3) is 0.960. The van der Waals surface area contributed by atoms with E-state index in [2.05, 4.69) is 17.6 Å². The molecule has 29 heavy (non-hydrogen) atoms. The zero-order valence-corrected chi connectivity index (χ0v) is 19.6. The van der Waals surface area contributed by atoms with Crippen molar-refractivity contribution >= 4 is 6.03 Å². The molecule has 0 aromatic rings. The van der Waals surface area contributed by atoms with E-state index in [1.807, 2.05) is 0 Å². The molecule has 0 aliphatic rings. The highest BCUT2D eigenvalue weighted by Gasteiger charge is 1.97. The lowest BCUT2D eigenvalue weighted by molar-refractivity contribution is 0.217. The number of carbonyl (C=O) groups is 1. The molecule has 0 aliphatic carbocycles. The maximum Gasteiger partial charge on any atom is 0.316 e. The van der Waals surface area contributed by atoms with E-state index in [0.717, 1.165) is 6.42 Å². The Kier molecular flexibility index (Phi) is 24.6. The second-order valence-electron chi connectivity index (χ2n) is 8.66. The first-order valence-electron chi connectivity index (χ1n) is 12.9. The van der Waals surface area contributed by atoms with Gasteiger partial charge < -0.3 is 15.7 Å². The average molecular weight is 413 g/mol. The summed E-state index contributed by atoms with van der Waals surface area (Å²) in [6, 6.07) is -0.277. The van der Waals surface area contributed by atoms with Crippen LogP contribution in [0.3, 0.4) is 0 Å². The van der Waals surface area contributed by atoms with Crippen molar-refractivity contribution < 1.29 is 9.90 Å². The van der Waals surface area contributed by atoms with Gasteiger partial charge in [-0.25, -0.2) is 4.79 Å². The highest BCUT2D eigenvalue weighted by molar-refractivity contribution is 5.73. The Morgan fingerprint density at radius 2 is 0.828 bits per heavy atom. The maximum absolute atomic E-state index is 11.1. The van der Waals surface area contributed by atoms with Gasteiger partial charge in [-0.2, -0.15) is 0 Å². The van der Waals surface area contributed by atoms with Gasteiger partial charge in [0.1, 0.15) is 6.73 Å². The summed E-state index contributed by atoms with van der Waals surface area (Å²) in [5.41, 5.74) is 0. The molecule has 0 fully saturated rings. The molecule has 174 valence electrons. The third kappa shape index (κ3) is 25.2. The first-order chi connectivity index (χ1) is 14.3. The van der Waals surface area contributed by atoms with Crippen LogP contribution in [-0.4, -0.2) is 24.4 Å². The Balaban J connectivity index is 3.02. The van der Waals surface area contributed by atoms with Crippen LogP contribution >= 0.6 is 0 Å². The molecule has 0 aromatic carbocycles. The van der Waals surface area contributed by atoms with E-state index in [1.165, 1.54) is 128 Å². The molecule has 3 N–H and O–H groups in total. The van der Waals surface area contributed by atoms with Crippen LogP contribution in [0.2, 0.25) is 0 Å². The Labute approximate surface area is 182 Å². The Hall–Kier alpha value is -0.770. The largest absolute Gasteiger partial charge is 0.376 e. The number of rotatable bonds is 23. The predicted octanol–water partition coefficient (Wildman–Crippen LogP) is 7.45. The van der Waals surface area contributed by atoms with Crippen molar-refractivity contribution in [2.24, 2.45) is 0 Å². The lowest BCUT2D eigenvalue weighted by Crippen LogP contribution is -2.36. The fourth-order valence-electron chi connectivity index (χ4n) is 3.89. The van der Waals surface area contributed by atoms with Gasteiger partial charge in [-0.3, -0.25) is 0 Å². The van der Waals surface area contributed by atoms with Gasteiger partial charge in [-0.15, -0.1) is 0 Å². The Bertz CT molecular complexity index is 324. The summed E-state index contributed by atoms with van der Waals surface area (Å²) in [7, 11) is 0. The molecule has 4 nitrogen and oxygen atoms in total. The van der Waals surface area contributed by atoms with Crippen molar-refractivity contribution in [2.75, 3.05) is 13.3 Å². The molecule has 0 heterocycles. The predicted molar refractivity (Wildman–Crippen MR) is 126 cm³/mol. The van der Waals surface area contributed by atoms with Crippen molar-refractivity contribution in [1.29, 1.82) is 0 Å². The van der Waals surface area contributed by atoms with Crippen molar-refractivity contribution in [2.45, 2.75) is 142 Å². The van der Waals surface area contributed by atoms with E-state index >= 15 is 0 Å². The van der Waals surface area contributed by atoms with Gasteiger partial charge in [0.05, 0.1) is 0 Å². The number of aliphatic hydroxyl groups is 1. The summed E-state index contributed by atoms with van der Waals surface area (Å²) in [6.07, 6.45) is 29.1. The molecule has 0 unspecified atom stereocenters. The first kappa shape index (κ1) is 28.2. The second-order valence-corrected chi connectivity index (χ2v) is 8.66. The maximum atomic E-state index is 11.1. The van der Waals surface area contributed by atoms with Crippen LogP contribution in [0.4, 0.5) is 4.79 Å². The molecule has 0 aromatic heterocycles. The lowest BCUT2D eigenvalue weighted by atomic mass is 10.0. The standard InChI is InChI=1S/C25H52N2O2/c1-2-3-4-5-6-7-8-9-10-11-12-13-14-15-16-17-18-19-20-21-22-23-26-25(29)27-24-28/h28H,2-24H2,1H3,(H2,26,27,29). The molecular weight excluding hydrogens is 360 g/mol. The van der Waals surface area contributed by atoms with Crippen LogP contribution in [0.25, 0.3) is 0 Å². The Morgan fingerprint density at radius 1 is 0.517 bits per heavy atom. The lowest BCUT2D eigenvalue weighted by Gasteiger charge is -2.05. The highest BCUT2D eigenvalue weighted by atomic mass is 16.3. The molecule has 0 aliphatic heterocycles. The number of nitrogens with one attached hydrogen (secondary N) is 2. The minimum atomic E-state index is -0.300. The summed E-state index contributed by atoms with van der Waals surface area (Å²) in [6.45, 7) is 2.69. The quantitative estimate of drug-likeness (QED) is 0.120. The molecule has 2 amide bonds. The molecule has 0 saturated carbocycles. The second kappa shape index (κ2) is 25.3. The van der Waals surface area contributed by atoms with Crippen molar-refractivity contribution in [3.05, 3.63) is 0 Å². The van der Waals surface area contributed by atoms with Gasteiger partial charge in [0.2, 0.25) is 0 Å². The monoisotopic (exact) mass is 412 g/mol.